The molecule has 1 aliphatic heterocycles. The highest BCUT2D eigenvalue weighted by Crippen LogP contribution is 2.42. The van der Waals surface area contributed by atoms with E-state index in [-0.39, 0.29) is 17.3 Å². The fourth-order valence-electron chi connectivity index (χ4n) is 5.08. The van der Waals surface area contributed by atoms with E-state index < -0.39 is 5.60 Å². The first kappa shape index (κ1) is 26.2. The van der Waals surface area contributed by atoms with Gasteiger partial charge in [0.05, 0.1) is 5.60 Å². The lowest BCUT2D eigenvalue weighted by atomic mass is 10.0. The Balaban J connectivity index is 1.77. The molecule has 7 nitrogen and oxygen atoms in total. The van der Waals surface area contributed by atoms with Crippen molar-refractivity contribution in [3.05, 3.63) is 74.4 Å². The Hall–Kier alpha value is -3.43. The monoisotopic (exact) mass is 537 g/mol. The van der Waals surface area contributed by atoms with Crippen LogP contribution in [0.4, 0.5) is 4.39 Å². The van der Waals surface area contributed by atoms with Crippen LogP contribution in [0.25, 0.3) is 15.9 Å². The number of hydrogen-bond acceptors (Lipinski definition) is 5. The molecule has 4 aromatic rings. The van der Waals surface area contributed by atoms with Gasteiger partial charge < -0.3 is 19.3 Å². The summed E-state index contributed by atoms with van der Waals surface area (Å²) >= 11 is 1.37. The maximum atomic E-state index is 14.0. The molecule has 1 amide bonds. The third-order valence-electron chi connectivity index (χ3n) is 6.82. The number of ether oxygens (including phenoxy) is 1. The molecule has 0 saturated carbocycles. The number of hydrogen-bond donors (Lipinski definition) is 1. The van der Waals surface area contributed by atoms with Gasteiger partial charge in [-0.05, 0) is 82.0 Å². The number of nitrogens with zero attached hydrogens (tertiary/aromatic N) is 3. The Morgan fingerprint density at radius 3 is 2.42 bits per heavy atom. The summed E-state index contributed by atoms with van der Waals surface area (Å²) in [6.07, 6.45) is 3.93. The van der Waals surface area contributed by atoms with Crippen LogP contribution in [-0.2, 0) is 13.5 Å². The molecule has 0 bridgehead atoms. The predicted molar refractivity (Wildman–Crippen MR) is 147 cm³/mol. The van der Waals surface area contributed by atoms with Crippen molar-refractivity contribution in [3.8, 4) is 16.5 Å². The summed E-state index contributed by atoms with van der Waals surface area (Å²) in [7, 11) is 1.68. The molecule has 0 radical (unpaired) electrons. The summed E-state index contributed by atoms with van der Waals surface area (Å²) in [4.78, 5) is 29.8. The Kier molecular flexibility index (Phi) is 6.69. The van der Waals surface area contributed by atoms with Crippen molar-refractivity contribution in [2.45, 2.75) is 52.6 Å². The predicted octanol–water partition coefficient (Wildman–Crippen LogP) is 5.49. The number of likely N-dealkylation sites (tertiary alicyclic amines) is 1. The summed E-state index contributed by atoms with van der Waals surface area (Å²) in [5, 5.41) is 11.8. The Morgan fingerprint density at radius 1 is 1.13 bits per heavy atom. The number of aliphatic hydroxyl groups is 1. The number of aryl methyl sites for hydroxylation is 3. The molecule has 38 heavy (non-hydrogen) atoms. The standard InChI is InChI=1S/C29H32FN3O4S/c1-17-12-20(30)13-18(2)25(17)37-23-15-21(16-29(3,4)36)38-28(23)33-22(26(34)32-9-6-7-10-32)14-19-8-11-31(5)27(35)24(19)33/h8,11-15,36H,6-7,9-10,16H2,1-5H3. The van der Waals surface area contributed by atoms with Crippen LogP contribution in [0.2, 0.25) is 0 Å². The lowest BCUT2D eigenvalue weighted by Gasteiger charge is -2.18. The van der Waals surface area contributed by atoms with E-state index in [2.05, 4.69) is 0 Å². The molecule has 0 aliphatic carbocycles. The van der Waals surface area contributed by atoms with Crippen molar-refractivity contribution in [1.29, 1.82) is 0 Å². The van der Waals surface area contributed by atoms with Crippen molar-refractivity contribution in [1.82, 2.24) is 14.0 Å². The van der Waals surface area contributed by atoms with Crippen LogP contribution >= 0.6 is 11.3 Å². The van der Waals surface area contributed by atoms with Crippen LogP contribution in [0.3, 0.4) is 0 Å². The van der Waals surface area contributed by atoms with Crippen molar-refractivity contribution in [2.75, 3.05) is 13.1 Å². The van der Waals surface area contributed by atoms with Gasteiger partial charge in [0.1, 0.15) is 27.8 Å². The van der Waals surface area contributed by atoms with Gasteiger partial charge in [0.15, 0.2) is 5.75 Å². The van der Waals surface area contributed by atoms with Crippen molar-refractivity contribution < 1.29 is 19.0 Å². The SMILES string of the molecule is Cc1cc(F)cc(C)c1Oc1cc(CC(C)(C)O)sc1-n1c(C(=O)N2CCCC2)cc2ccn(C)c(=O)c21. The highest BCUT2D eigenvalue weighted by molar-refractivity contribution is 7.15. The maximum absolute atomic E-state index is 14.0. The number of rotatable bonds is 6. The van der Waals surface area contributed by atoms with Crippen LogP contribution in [0.5, 0.6) is 11.5 Å². The van der Waals surface area contributed by atoms with Gasteiger partial charge in [-0.2, -0.15) is 0 Å². The Bertz CT molecular complexity index is 1580. The molecule has 1 aromatic carbocycles. The zero-order valence-corrected chi connectivity index (χ0v) is 23.1. The third kappa shape index (κ3) is 4.88. The van der Waals surface area contributed by atoms with Gasteiger partial charge in [0, 0.05) is 43.0 Å². The number of aromatic nitrogens is 2. The van der Waals surface area contributed by atoms with Crippen LogP contribution < -0.4 is 10.3 Å². The molecular formula is C29H32FN3O4S. The second-order valence-electron chi connectivity index (χ2n) is 10.7. The maximum Gasteiger partial charge on any atom is 0.275 e. The summed E-state index contributed by atoms with van der Waals surface area (Å²) < 4.78 is 23.7. The minimum atomic E-state index is -0.982. The third-order valence-corrected chi connectivity index (χ3v) is 7.92. The average molecular weight is 538 g/mol. The molecule has 1 N–H and O–H groups in total. The second-order valence-corrected chi connectivity index (χ2v) is 11.9. The summed E-state index contributed by atoms with van der Waals surface area (Å²) in [5.74, 6) is 0.459. The van der Waals surface area contributed by atoms with Gasteiger partial charge in [-0.15, -0.1) is 11.3 Å². The van der Waals surface area contributed by atoms with Gasteiger partial charge in [-0.3, -0.25) is 14.2 Å². The second kappa shape index (κ2) is 9.71. The van der Waals surface area contributed by atoms with E-state index in [4.69, 9.17) is 4.74 Å². The molecule has 5 rings (SSSR count). The highest BCUT2D eigenvalue weighted by Gasteiger charge is 2.29. The van der Waals surface area contributed by atoms with Crippen molar-refractivity contribution >= 4 is 28.1 Å². The van der Waals surface area contributed by atoms with Crippen molar-refractivity contribution in [2.24, 2.45) is 7.05 Å². The molecule has 3 aromatic heterocycles. The normalized spacial score (nSPS) is 14.0. The molecule has 9 heteroatoms. The van der Waals surface area contributed by atoms with Gasteiger partial charge in [-0.1, -0.05) is 0 Å². The van der Waals surface area contributed by atoms with E-state index in [1.165, 1.54) is 28.0 Å². The van der Waals surface area contributed by atoms with E-state index in [1.807, 2.05) is 17.0 Å². The van der Waals surface area contributed by atoms with E-state index in [0.717, 1.165) is 17.7 Å². The van der Waals surface area contributed by atoms with Crippen LogP contribution in [0.15, 0.2) is 41.3 Å². The molecule has 0 spiro atoms. The molecular weight excluding hydrogens is 505 g/mol. The minimum absolute atomic E-state index is 0.140. The van der Waals surface area contributed by atoms with Crippen molar-refractivity contribution in [3.63, 3.8) is 0 Å². The average Bonchev–Trinajstić information content (AvgIpc) is 3.56. The number of benzene rings is 1. The molecule has 0 atom stereocenters. The first-order valence-electron chi connectivity index (χ1n) is 12.7. The summed E-state index contributed by atoms with van der Waals surface area (Å²) in [6, 6.07) is 8.26. The first-order valence-corrected chi connectivity index (χ1v) is 13.5. The van der Waals surface area contributed by atoms with Gasteiger partial charge in [-0.25, -0.2) is 4.39 Å². The van der Waals surface area contributed by atoms with Gasteiger partial charge >= 0.3 is 0 Å². The number of fused-ring (bicyclic) bond motifs is 1. The first-order chi connectivity index (χ1) is 17.9. The molecule has 4 heterocycles. The molecule has 200 valence electrons. The van der Waals surface area contributed by atoms with E-state index in [9.17, 15) is 19.1 Å². The van der Waals surface area contributed by atoms with Gasteiger partial charge in [0.25, 0.3) is 11.5 Å². The molecule has 1 saturated heterocycles. The fourth-order valence-corrected chi connectivity index (χ4v) is 6.40. The summed E-state index contributed by atoms with van der Waals surface area (Å²) in [6.45, 7) is 8.35. The minimum Gasteiger partial charge on any atom is -0.454 e. The lowest BCUT2D eigenvalue weighted by Crippen LogP contribution is -2.29. The topological polar surface area (TPSA) is 76.7 Å². The molecule has 1 fully saturated rings. The van der Waals surface area contributed by atoms with Crippen LogP contribution in [-0.4, -0.2) is 43.7 Å². The number of carbonyl (C=O) groups excluding carboxylic acids is 1. The summed E-state index contributed by atoms with van der Waals surface area (Å²) in [5.41, 5.74) is 0.812. The fraction of sp³-hybridized carbons (Fsp3) is 0.379. The van der Waals surface area contributed by atoms with E-state index in [1.54, 1.807) is 51.6 Å². The zero-order valence-electron chi connectivity index (χ0n) is 22.3. The number of halogens is 1. The number of thiophene rings is 1. The number of carbonyl (C=O) groups is 1. The van der Waals surface area contributed by atoms with Gasteiger partial charge in [0.2, 0.25) is 0 Å². The Morgan fingerprint density at radius 2 is 1.79 bits per heavy atom. The largest absolute Gasteiger partial charge is 0.454 e. The smallest absolute Gasteiger partial charge is 0.275 e. The lowest BCUT2D eigenvalue weighted by molar-refractivity contribution is 0.0784. The highest BCUT2D eigenvalue weighted by atomic mass is 32.1. The number of pyridine rings is 1. The molecule has 1 aliphatic rings. The van der Waals surface area contributed by atoms with Crippen LogP contribution in [0, 0.1) is 19.7 Å². The number of amides is 1. The van der Waals surface area contributed by atoms with E-state index >= 15 is 0 Å². The molecule has 0 unspecified atom stereocenters. The van der Waals surface area contributed by atoms with E-state index in [0.29, 0.717) is 63.7 Å². The zero-order chi connectivity index (χ0) is 27.4. The Labute approximate surface area is 224 Å². The quantitative estimate of drug-likeness (QED) is 0.353. The van der Waals surface area contributed by atoms with Crippen LogP contribution in [0.1, 0.15) is 53.2 Å².